The number of carbonyl (C=O) groups excluding carboxylic acids is 2. The maximum Gasteiger partial charge on any atom is 0.341 e. The van der Waals surface area contributed by atoms with E-state index in [4.69, 9.17) is 10.5 Å². The van der Waals surface area contributed by atoms with E-state index in [2.05, 4.69) is 4.74 Å². The molecular weight excluding hydrogens is 338 g/mol. The summed E-state index contributed by atoms with van der Waals surface area (Å²) in [6.07, 6.45) is 0. The number of phenols is 5. The number of hydrogen-bond donors (Lipinski definition) is 6. The van der Waals surface area contributed by atoms with Crippen molar-refractivity contribution in [1.82, 2.24) is 0 Å². The van der Waals surface area contributed by atoms with Gasteiger partial charge >= 0.3 is 11.9 Å². The largest absolute Gasteiger partial charge is 0.504 e. The molecule has 2 aromatic carbocycles. The highest BCUT2D eigenvalue weighted by molar-refractivity contribution is 6.09. The molecule has 130 valence electrons. The molecule has 2 aromatic rings. The number of cyclic esters (lactones) is 2. The van der Waals surface area contributed by atoms with E-state index in [-0.39, 0.29) is 5.69 Å². The lowest BCUT2D eigenvalue weighted by atomic mass is 9.92. The molecule has 0 unspecified atom stereocenters. The van der Waals surface area contributed by atoms with Crippen LogP contribution in [0.1, 0.15) is 20.7 Å². The van der Waals surface area contributed by atoms with Crippen LogP contribution in [0.25, 0.3) is 11.1 Å². The molecule has 0 atom stereocenters. The SMILES string of the molecule is Nc1cc2c(c(O)c1O)-c1c(cc(O)c(O)c1O)C(=O)OCOC2=O. The average Bonchev–Trinajstić information content (AvgIpc) is 2.61. The molecule has 0 aliphatic carbocycles. The van der Waals surface area contributed by atoms with Gasteiger partial charge in [-0.3, -0.25) is 0 Å². The molecule has 25 heavy (non-hydrogen) atoms. The number of esters is 2. The van der Waals surface area contributed by atoms with Gasteiger partial charge in [-0.05, 0) is 12.1 Å². The van der Waals surface area contributed by atoms with Gasteiger partial charge in [-0.1, -0.05) is 0 Å². The summed E-state index contributed by atoms with van der Waals surface area (Å²) in [6.45, 7) is -0.791. The summed E-state index contributed by atoms with van der Waals surface area (Å²) in [5.74, 6) is -6.86. The van der Waals surface area contributed by atoms with E-state index in [0.717, 1.165) is 12.1 Å². The van der Waals surface area contributed by atoms with Crippen molar-refractivity contribution in [3.8, 4) is 39.9 Å². The summed E-state index contributed by atoms with van der Waals surface area (Å²) >= 11 is 0. The second-order valence-electron chi connectivity index (χ2n) is 5.08. The predicted molar refractivity (Wildman–Crippen MR) is 80.3 cm³/mol. The third-order valence-corrected chi connectivity index (χ3v) is 3.63. The van der Waals surface area contributed by atoms with Gasteiger partial charge in [0.2, 0.25) is 12.5 Å². The van der Waals surface area contributed by atoms with Gasteiger partial charge < -0.3 is 40.7 Å². The summed E-state index contributed by atoms with van der Waals surface area (Å²) in [7, 11) is 0. The summed E-state index contributed by atoms with van der Waals surface area (Å²) in [5.41, 5.74) is 3.15. The Morgan fingerprint density at radius 3 is 1.80 bits per heavy atom. The van der Waals surface area contributed by atoms with Crippen LogP contribution in [0.4, 0.5) is 5.69 Å². The fourth-order valence-corrected chi connectivity index (χ4v) is 2.44. The molecular formula is C15H11NO9. The highest BCUT2D eigenvalue weighted by Gasteiger charge is 2.32. The van der Waals surface area contributed by atoms with Gasteiger partial charge in [0, 0.05) is 11.1 Å². The summed E-state index contributed by atoms with van der Waals surface area (Å²) in [4.78, 5) is 24.3. The fourth-order valence-electron chi connectivity index (χ4n) is 2.44. The number of benzene rings is 2. The molecule has 10 heteroatoms. The number of nitrogen functional groups attached to an aromatic ring is 1. The van der Waals surface area contributed by atoms with Gasteiger partial charge in [-0.15, -0.1) is 0 Å². The van der Waals surface area contributed by atoms with Crippen LogP contribution < -0.4 is 5.73 Å². The Morgan fingerprint density at radius 2 is 1.24 bits per heavy atom. The van der Waals surface area contributed by atoms with Gasteiger partial charge in [0.1, 0.15) is 0 Å². The van der Waals surface area contributed by atoms with E-state index in [1.807, 2.05) is 0 Å². The molecule has 0 saturated carbocycles. The maximum absolute atomic E-state index is 12.2. The van der Waals surface area contributed by atoms with Crippen LogP contribution in [0.3, 0.4) is 0 Å². The van der Waals surface area contributed by atoms with Crippen molar-refractivity contribution in [3.05, 3.63) is 23.3 Å². The number of carbonyl (C=O) groups is 2. The van der Waals surface area contributed by atoms with Gasteiger partial charge in [-0.2, -0.15) is 0 Å². The van der Waals surface area contributed by atoms with Crippen molar-refractivity contribution in [1.29, 1.82) is 0 Å². The Balaban J connectivity index is 2.53. The first kappa shape index (κ1) is 16.1. The number of anilines is 1. The molecule has 0 radical (unpaired) electrons. The van der Waals surface area contributed by atoms with Crippen molar-refractivity contribution in [2.75, 3.05) is 12.5 Å². The van der Waals surface area contributed by atoms with Crippen LogP contribution in [0, 0.1) is 0 Å². The van der Waals surface area contributed by atoms with Crippen molar-refractivity contribution in [2.24, 2.45) is 0 Å². The van der Waals surface area contributed by atoms with Crippen LogP contribution in [-0.2, 0) is 9.47 Å². The Kier molecular flexibility index (Phi) is 3.45. The van der Waals surface area contributed by atoms with Crippen LogP contribution in [-0.4, -0.2) is 44.3 Å². The van der Waals surface area contributed by atoms with E-state index in [1.165, 1.54) is 0 Å². The molecule has 0 aromatic heterocycles. The van der Waals surface area contributed by atoms with Crippen molar-refractivity contribution < 1.29 is 44.6 Å². The van der Waals surface area contributed by atoms with Gasteiger partial charge in [0.25, 0.3) is 0 Å². The monoisotopic (exact) mass is 349 g/mol. The van der Waals surface area contributed by atoms with Gasteiger partial charge in [-0.25, -0.2) is 9.59 Å². The van der Waals surface area contributed by atoms with E-state index in [0.29, 0.717) is 0 Å². The minimum absolute atomic E-state index is 0.372. The van der Waals surface area contributed by atoms with Crippen LogP contribution in [0.2, 0.25) is 0 Å². The molecule has 10 nitrogen and oxygen atoms in total. The third-order valence-electron chi connectivity index (χ3n) is 3.63. The number of hydrogen-bond acceptors (Lipinski definition) is 10. The quantitative estimate of drug-likeness (QED) is 0.226. The second kappa shape index (κ2) is 5.37. The molecule has 1 aliphatic heterocycles. The van der Waals surface area contributed by atoms with Crippen molar-refractivity contribution in [3.63, 3.8) is 0 Å². The first-order valence-corrected chi connectivity index (χ1v) is 6.71. The van der Waals surface area contributed by atoms with E-state index in [1.54, 1.807) is 0 Å². The highest BCUT2D eigenvalue weighted by Crippen LogP contribution is 2.52. The number of ether oxygens (including phenoxy) is 2. The number of rotatable bonds is 0. The van der Waals surface area contributed by atoms with Crippen molar-refractivity contribution >= 4 is 17.6 Å². The van der Waals surface area contributed by atoms with Crippen molar-refractivity contribution in [2.45, 2.75) is 0 Å². The zero-order valence-electron chi connectivity index (χ0n) is 12.3. The van der Waals surface area contributed by atoms with E-state index in [9.17, 15) is 35.1 Å². The standard InChI is InChI=1S/C15H11NO9/c16-6-1-4-8(12(20)10(6)18)9-5(2-7(17)11(19)13(9)21)15(23)25-3-24-14(4)22/h1-2,17-21H,3,16H2. The molecule has 0 fully saturated rings. The predicted octanol–water partition coefficient (Wildman–Crippen LogP) is 0.748. The second-order valence-corrected chi connectivity index (χ2v) is 5.08. The Morgan fingerprint density at radius 1 is 0.760 bits per heavy atom. The minimum Gasteiger partial charge on any atom is -0.504 e. The Hall–Kier alpha value is -3.82. The lowest BCUT2D eigenvalue weighted by molar-refractivity contribution is -0.0163. The lowest BCUT2D eigenvalue weighted by Crippen LogP contribution is -2.11. The molecule has 0 spiro atoms. The highest BCUT2D eigenvalue weighted by atomic mass is 16.7. The first-order valence-electron chi connectivity index (χ1n) is 6.71. The number of nitrogens with two attached hydrogens (primary N) is 1. The molecule has 0 amide bonds. The van der Waals surface area contributed by atoms with Gasteiger partial charge in [0.05, 0.1) is 16.8 Å². The number of fused-ring (bicyclic) bond motifs is 3. The first-order chi connectivity index (χ1) is 11.7. The molecule has 7 N–H and O–H groups in total. The molecule has 3 rings (SSSR count). The summed E-state index contributed by atoms with van der Waals surface area (Å²) in [5, 5.41) is 49.6. The average molecular weight is 349 g/mol. The minimum atomic E-state index is -1.13. The zero-order valence-corrected chi connectivity index (χ0v) is 12.3. The lowest BCUT2D eigenvalue weighted by Gasteiger charge is -2.16. The summed E-state index contributed by atoms with van der Waals surface area (Å²) in [6, 6.07) is 1.72. The smallest absolute Gasteiger partial charge is 0.341 e. The van der Waals surface area contributed by atoms with Crippen LogP contribution in [0.5, 0.6) is 28.7 Å². The Labute approximate surface area is 138 Å². The van der Waals surface area contributed by atoms with Gasteiger partial charge in [0.15, 0.2) is 23.0 Å². The van der Waals surface area contributed by atoms with E-state index >= 15 is 0 Å². The van der Waals surface area contributed by atoms with Crippen LogP contribution >= 0.6 is 0 Å². The molecule has 1 heterocycles. The topological polar surface area (TPSA) is 180 Å². The molecule has 0 bridgehead atoms. The Bertz CT molecular complexity index is 860. The number of aromatic hydroxyl groups is 5. The maximum atomic E-state index is 12.2. The zero-order chi connectivity index (χ0) is 18.5. The summed E-state index contributed by atoms with van der Waals surface area (Å²) < 4.78 is 9.38. The molecule has 0 saturated heterocycles. The van der Waals surface area contributed by atoms with E-state index < -0.39 is 69.7 Å². The number of phenolic OH excluding ortho intramolecular Hbond substituents is 5. The fraction of sp³-hybridized carbons (Fsp3) is 0.0667. The van der Waals surface area contributed by atoms with Crippen LogP contribution in [0.15, 0.2) is 12.1 Å². The normalized spacial score (nSPS) is 13.6. The third kappa shape index (κ3) is 2.27. The molecule has 1 aliphatic rings.